The number of benzene rings is 2. The van der Waals surface area contributed by atoms with E-state index in [0.717, 1.165) is 5.56 Å². The molecule has 8 nitrogen and oxygen atoms in total. The summed E-state index contributed by atoms with van der Waals surface area (Å²) in [5.74, 6) is 0.487. The lowest BCUT2D eigenvalue weighted by molar-refractivity contribution is -0.143. The van der Waals surface area contributed by atoms with Gasteiger partial charge in [0.1, 0.15) is 17.4 Å². The zero-order valence-electron chi connectivity index (χ0n) is 21.4. The van der Waals surface area contributed by atoms with E-state index in [1.807, 2.05) is 24.3 Å². The maximum Gasteiger partial charge on any atom is 0.315 e. The zero-order valence-corrected chi connectivity index (χ0v) is 21.4. The molecule has 1 heterocycles. The lowest BCUT2D eigenvalue weighted by atomic mass is 9.69. The lowest BCUT2D eigenvalue weighted by Crippen LogP contribution is -2.38. The summed E-state index contributed by atoms with van der Waals surface area (Å²) in [4.78, 5) is 31.5. The third kappa shape index (κ3) is 4.43. The molecule has 0 amide bonds. The molecule has 0 N–H and O–H groups in total. The first-order chi connectivity index (χ1) is 17.4. The van der Waals surface area contributed by atoms with Crippen molar-refractivity contribution in [1.29, 1.82) is 0 Å². The van der Waals surface area contributed by atoms with Gasteiger partial charge in [-0.05, 0) is 43.0 Å². The van der Waals surface area contributed by atoms with E-state index in [1.54, 1.807) is 47.5 Å². The molecule has 2 aromatic carbocycles. The number of methoxy groups -OCH3 is 5. The first-order valence-electron chi connectivity index (χ1n) is 11.7. The van der Waals surface area contributed by atoms with Gasteiger partial charge < -0.3 is 23.7 Å². The number of ether oxygens (including phenoxy) is 5. The Morgan fingerprint density at radius 3 is 2.22 bits per heavy atom. The van der Waals surface area contributed by atoms with Gasteiger partial charge in [-0.1, -0.05) is 12.1 Å². The Balaban J connectivity index is 1.82. The van der Waals surface area contributed by atoms with Crippen LogP contribution in [0.15, 0.2) is 52.7 Å². The van der Waals surface area contributed by atoms with Crippen molar-refractivity contribution in [2.24, 2.45) is 10.9 Å². The number of allylic oxidation sites excluding steroid dienone is 2. The number of esters is 1. The van der Waals surface area contributed by atoms with Gasteiger partial charge in [-0.25, -0.2) is 0 Å². The summed E-state index contributed by atoms with van der Waals surface area (Å²) in [6.07, 6.45) is 0.836. The van der Waals surface area contributed by atoms with Crippen LogP contribution in [-0.4, -0.2) is 53.0 Å². The van der Waals surface area contributed by atoms with Gasteiger partial charge in [0.25, 0.3) is 0 Å². The summed E-state index contributed by atoms with van der Waals surface area (Å²) in [5, 5.41) is 0. The molecule has 2 aromatic rings. The summed E-state index contributed by atoms with van der Waals surface area (Å²) in [6, 6.07) is 11.1. The monoisotopic (exact) mass is 493 g/mol. The van der Waals surface area contributed by atoms with E-state index in [1.165, 1.54) is 7.11 Å². The van der Waals surface area contributed by atoms with Crippen LogP contribution >= 0.6 is 0 Å². The number of ketones is 1. The fourth-order valence-electron chi connectivity index (χ4n) is 5.25. The predicted molar refractivity (Wildman–Crippen MR) is 134 cm³/mol. The first-order valence-corrected chi connectivity index (χ1v) is 11.7. The maximum atomic E-state index is 13.8. The zero-order chi connectivity index (χ0) is 26.0. The third-order valence-corrected chi connectivity index (χ3v) is 7.00. The highest BCUT2D eigenvalue weighted by atomic mass is 16.5. The Kier molecular flexibility index (Phi) is 7.33. The Hall–Kier alpha value is -3.81. The summed E-state index contributed by atoms with van der Waals surface area (Å²) in [7, 11) is 7.65. The number of Topliss-reactive ketones (excluding diaryl/α,β-unsaturated/α-hetero) is 1. The molecule has 1 unspecified atom stereocenters. The van der Waals surface area contributed by atoms with Crippen LogP contribution < -0.4 is 18.9 Å². The molecule has 0 bridgehead atoms. The molecule has 0 radical (unpaired) electrons. The van der Waals surface area contributed by atoms with Crippen molar-refractivity contribution in [3.8, 4) is 23.0 Å². The molecular formula is C28H31NO7. The van der Waals surface area contributed by atoms with E-state index >= 15 is 0 Å². The van der Waals surface area contributed by atoms with E-state index in [9.17, 15) is 9.59 Å². The first kappa shape index (κ1) is 25.3. The van der Waals surface area contributed by atoms with Crippen molar-refractivity contribution in [2.45, 2.75) is 31.6 Å². The van der Waals surface area contributed by atoms with Gasteiger partial charge in [-0.2, -0.15) is 0 Å². The van der Waals surface area contributed by atoms with Crippen molar-refractivity contribution < 1.29 is 33.3 Å². The average Bonchev–Trinajstić information content (AvgIpc) is 2.90. The summed E-state index contributed by atoms with van der Waals surface area (Å²) < 4.78 is 27.0. The highest BCUT2D eigenvalue weighted by Crippen LogP contribution is 2.49. The summed E-state index contributed by atoms with van der Waals surface area (Å²) in [6.45, 7) is 1.80. The van der Waals surface area contributed by atoms with Gasteiger partial charge in [0, 0.05) is 41.0 Å². The van der Waals surface area contributed by atoms with Gasteiger partial charge in [0.05, 0.1) is 35.5 Å². The van der Waals surface area contributed by atoms with Gasteiger partial charge in [0.2, 0.25) is 0 Å². The number of nitrogens with zero attached hydrogens (tertiary/aromatic N) is 1. The Morgan fingerprint density at radius 1 is 0.861 bits per heavy atom. The van der Waals surface area contributed by atoms with Gasteiger partial charge in [-0.3, -0.25) is 14.6 Å². The largest absolute Gasteiger partial charge is 0.497 e. The number of aliphatic imine (C=N–C) groups is 1. The number of rotatable bonds is 7. The van der Waals surface area contributed by atoms with Crippen LogP contribution in [0.5, 0.6) is 23.0 Å². The van der Waals surface area contributed by atoms with Crippen molar-refractivity contribution >= 4 is 17.5 Å². The molecule has 1 aliphatic heterocycles. The average molecular weight is 494 g/mol. The Bertz CT molecular complexity index is 1250. The highest BCUT2D eigenvalue weighted by Gasteiger charge is 2.45. The van der Waals surface area contributed by atoms with Crippen LogP contribution in [0.4, 0.5) is 0 Å². The minimum absolute atomic E-state index is 0.0518. The van der Waals surface area contributed by atoms with Crippen LogP contribution in [0.1, 0.15) is 42.7 Å². The third-order valence-electron chi connectivity index (χ3n) is 7.00. The van der Waals surface area contributed by atoms with Crippen LogP contribution in [0.3, 0.4) is 0 Å². The minimum atomic E-state index is -0.738. The topological polar surface area (TPSA) is 92.7 Å². The van der Waals surface area contributed by atoms with E-state index in [0.29, 0.717) is 52.0 Å². The maximum absolute atomic E-state index is 13.8. The number of carbonyl (C=O) groups excluding carboxylic acids is 2. The minimum Gasteiger partial charge on any atom is -0.497 e. The van der Waals surface area contributed by atoms with Crippen LogP contribution in [0.25, 0.3) is 0 Å². The lowest BCUT2D eigenvalue weighted by Gasteiger charge is -2.36. The number of hydrogen-bond donors (Lipinski definition) is 0. The van der Waals surface area contributed by atoms with Crippen LogP contribution in [0.2, 0.25) is 0 Å². The molecule has 0 spiro atoms. The molecule has 2 aliphatic rings. The molecule has 8 heteroatoms. The Morgan fingerprint density at radius 2 is 1.58 bits per heavy atom. The van der Waals surface area contributed by atoms with Crippen molar-refractivity contribution in [2.75, 3.05) is 35.5 Å². The standard InChI is InChI=1S/C28H31NO7/c1-15-25(28(31)36-6)26(19-9-8-18(32-2)14-23(19)34-4)27-20(29-15)11-17(12-21(27)30)16-7-10-22(33-3)24(13-16)35-5/h7-10,13-14,17,25-26H,11-12H2,1-6H3/t17-,25?,26+/m0/s1. The van der Waals surface area contributed by atoms with E-state index in [2.05, 4.69) is 0 Å². The smallest absolute Gasteiger partial charge is 0.315 e. The summed E-state index contributed by atoms with van der Waals surface area (Å²) >= 11 is 0. The van der Waals surface area contributed by atoms with Gasteiger partial charge in [-0.15, -0.1) is 0 Å². The fraction of sp³-hybridized carbons (Fsp3) is 0.393. The van der Waals surface area contributed by atoms with Crippen LogP contribution in [-0.2, 0) is 14.3 Å². The van der Waals surface area contributed by atoms with Crippen LogP contribution in [0, 0.1) is 5.92 Å². The molecular weight excluding hydrogens is 462 g/mol. The molecule has 0 saturated carbocycles. The van der Waals surface area contributed by atoms with E-state index in [4.69, 9.17) is 28.7 Å². The highest BCUT2D eigenvalue weighted by molar-refractivity contribution is 6.09. The molecule has 36 heavy (non-hydrogen) atoms. The fourth-order valence-corrected chi connectivity index (χ4v) is 5.25. The molecule has 0 fully saturated rings. The Labute approximate surface area is 210 Å². The van der Waals surface area contributed by atoms with E-state index in [-0.39, 0.29) is 18.1 Å². The predicted octanol–water partition coefficient (Wildman–Crippen LogP) is 4.47. The number of hydrogen-bond acceptors (Lipinski definition) is 8. The molecule has 0 aromatic heterocycles. The molecule has 1 aliphatic carbocycles. The SMILES string of the molecule is COC(=O)C1C(C)=NC2=C(C(=O)C[C@@H](c3ccc(OC)c(OC)c3)C2)[C@@H]1c1ccc(OC)cc1OC. The van der Waals surface area contributed by atoms with Crippen molar-refractivity contribution in [1.82, 2.24) is 0 Å². The molecule has 0 saturated heterocycles. The second kappa shape index (κ2) is 10.4. The van der Waals surface area contributed by atoms with E-state index < -0.39 is 17.8 Å². The van der Waals surface area contributed by atoms with Crippen molar-refractivity contribution in [3.63, 3.8) is 0 Å². The summed E-state index contributed by atoms with van der Waals surface area (Å²) in [5.41, 5.74) is 3.51. The molecule has 3 atom stereocenters. The second-order valence-corrected chi connectivity index (χ2v) is 8.84. The normalized spacial score (nSPS) is 21.3. The second-order valence-electron chi connectivity index (χ2n) is 8.84. The van der Waals surface area contributed by atoms with Gasteiger partial charge in [0.15, 0.2) is 17.3 Å². The quantitative estimate of drug-likeness (QED) is 0.526. The number of carbonyl (C=O) groups is 2. The molecule has 190 valence electrons. The van der Waals surface area contributed by atoms with Crippen molar-refractivity contribution in [3.05, 3.63) is 58.8 Å². The van der Waals surface area contributed by atoms with Gasteiger partial charge >= 0.3 is 5.97 Å². The molecule has 4 rings (SSSR count).